The van der Waals surface area contributed by atoms with Crippen molar-refractivity contribution in [1.82, 2.24) is 5.43 Å². The Balaban J connectivity index is 2.16. The summed E-state index contributed by atoms with van der Waals surface area (Å²) in [6, 6.07) is 12.9. The molecular weight excluding hydrogens is 408 g/mol. The van der Waals surface area contributed by atoms with Crippen LogP contribution in [0.5, 0.6) is 11.5 Å². The first-order chi connectivity index (χ1) is 13.1. The van der Waals surface area contributed by atoms with Crippen molar-refractivity contribution in [3.05, 3.63) is 58.1 Å². The van der Waals surface area contributed by atoms with Gasteiger partial charge in [0.05, 0.1) is 24.5 Å². The van der Waals surface area contributed by atoms with Gasteiger partial charge < -0.3 is 9.47 Å². The first-order valence-corrected chi connectivity index (χ1v) is 9.85. The van der Waals surface area contributed by atoms with Crippen LogP contribution in [0, 0.1) is 0 Å². The second kappa shape index (κ2) is 10.7. The highest BCUT2D eigenvalue weighted by molar-refractivity contribution is 9.10. The third-order valence-electron chi connectivity index (χ3n) is 3.73. The van der Waals surface area contributed by atoms with Crippen LogP contribution in [0.3, 0.4) is 0 Å². The maximum atomic E-state index is 12.3. The molecular formula is C21H25BrN2O3. The lowest BCUT2D eigenvalue weighted by Gasteiger charge is -2.13. The van der Waals surface area contributed by atoms with Gasteiger partial charge in [0.2, 0.25) is 0 Å². The highest BCUT2D eigenvalue weighted by atomic mass is 79.9. The van der Waals surface area contributed by atoms with Gasteiger partial charge in [-0.15, -0.1) is 0 Å². The second-order valence-electron chi connectivity index (χ2n) is 5.98. The molecule has 0 aliphatic rings. The molecule has 0 spiro atoms. The molecule has 1 amide bonds. The lowest BCUT2D eigenvalue weighted by molar-refractivity contribution is 0.0954. The van der Waals surface area contributed by atoms with Gasteiger partial charge in [-0.1, -0.05) is 26.0 Å². The molecule has 5 nitrogen and oxygen atoms in total. The van der Waals surface area contributed by atoms with E-state index in [9.17, 15) is 4.79 Å². The Morgan fingerprint density at radius 1 is 1.04 bits per heavy atom. The van der Waals surface area contributed by atoms with Crippen LogP contribution in [0.15, 0.2) is 52.0 Å². The van der Waals surface area contributed by atoms with Crippen LogP contribution in [0.1, 0.15) is 49.5 Å². The molecule has 1 N–H and O–H groups in total. The number of nitrogens with one attached hydrogen (secondary N) is 1. The third-order valence-corrected chi connectivity index (χ3v) is 4.42. The van der Waals surface area contributed by atoms with E-state index in [4.69, 9.17) is 9.47 Å². The van der Waals surface area contributed by atoms with Gasteiger partial charge in [-0.2, -0.15) is 5.10 Å². The van der Waals surface area contributed by atoms with E-state index in [-0.39, 0.29) is 5.91 Å². The number of hydrazone groups is 1. The molecule has 0 aliphatic heterocycles. The summed E-state index contributed by atoms with van der Waals surface area (Å²) in [6.07, 6.45) is 1.84. The molecule has 0 atom stereocenters. The number of hydrogen-bond acceptors (Lipinski definition) is 4. The Bertz CT molecular complexity index is 806. The topological polar surface area (TPSA) is 59.9 Å². The molecule has 0 saturated carbocycles. The van der Waals surface area contributed by atoms with E-state index in [1.165, 1.54) is 0 Å². The van der Waals surface area contributed by atoms with Crippen LogP contribution in [0.4, 0.5) is 0 Å². The minimum absolute atomic E-state index is 0.271. The predicted octanol–water partition coefficient (Wildman–Crippen LogP) is 5.18. The Kier molecular flexibility index (Phi) is 8.33. The average molecular weight is 433 g/mol. The summed E-state index contributed by atoms with van der Waals surface area (Å²) in [6.45, 7) is 7.20. The smallest absolute Gasteiger partial charge is 0.272 e. The van der Waals surface area contributed by atoms with E-state index in [2.05, 4.69) is 40.3 Å². The van der Waals surface area contributed by atoms with E-state index in [1.807, 2.05) is 43.3 Å². The van der Waals surface area contributed by atoms with Crippen LogP contribution >= 0.6 is 15.9 Å². The Labute approximate surface area is 168 Å². The summed E-state index contributed by atoms with van der Waals surface area (Å²) < 4.78 is 12.3. The summed E-state index contributed by atoms with van der Waals surface area (Å²) in [5.41, 5.74) is 4.67. The number of carbonyl (C=O) groups is 1. The van der Waals surface area contributed by atoms with Gasteiger partial charge >= 0.3 is 0 Å². The standard InChI is InChI=1S/C21H25BrN2O3/c1-4-12-26-19-11-10-16(14-20(19)27-13-5-2)15(3)23-24-21(25)17-8-6-7-9-18(17)22/h6-11,14H,4-5,12-13H2,1-3H3,(H,24,25). The van der Waals surface area contributed by atoms with Crippen LogP contribution < -0.4 is 14.9 Å². The van der Waals surface area contributed by atoms with Gasteiger partial charge in [-0.3, -0.25) is 4.79 Å². The van der Waals surface area contributed by atoms with Gasteiger partial charge in [0.25, 0.3) is 5.91 Å². The predicted molar refractivity (Wildman–Crippen MR) is 112 cm³/mol. The van der Waals surface area contributed by atoms with Crippen molar-refractivity contribution in [1.29, 1.82) is 0 Å². The molecule has 0 aliphatic carbocycles. The summed E-state index contributed by atoms with van der Waals surface area (Å²) in [4.78, 5) is 12.3. The lowest BCUT2D eigenvalue weighted by Crippen LogP contribution is -2.19. The fourth-order valence-corrected chi connectivity index (χ4v) is 2.76. The minimum atomic E-state index is -0.271. The van der Waals surface area contributed by atoms with E-state index in [0.29, 0.717) is 30.2 Å². The number of nitrogens with zero attached hydrogens (tertiary/aromatic N) is 1. The van der Waals surface area contributed by atoms with Crippen molar-refractivity contribution in [3.63, 3.8) is 0 Å². The fourth-order valence-electron chi connectivity index (χ4n) is 2.29. The quantitative estimate of drug-likeness (QED) is 0.438. The van der Waals surface area contributed by atoms with Crippen LogP contribution in [0.25, 0.3) is 0 Å². The summed E-state index contributed by atoms with van der Waals surface area (Å²) >= 11 is 3.37. The van der Waals surface area contributed by atoms with E-state index in [1.54, 1.807) is 6.07 Å². The van der Waals surface area contributed by atoms with Crippen LogP contribution in [-0.2, 0) is 0 Å². The third kappa shape index (κ3) is 6.10. The SMILES string of the molecule is CCCOc1ccc(C(C)=NNC(=O)c2ccccc2Br)cc1OCCC. The summed E-state index contributed by atoms with van der Waals surface area (Å²) in [5, 5.41) is 4.22. The maximum Gasteiger partial charge on any atom is 0.272 e. The zero-order valence-electron chi connectivity index (χ0n) is 15.9. The highest BCUT2D eigenvalue weighted by Crippen LogP contribution is 2.29. The van der Waals surface area contributed by atoms with Crippen molar-refractivity contribution >= 4 is 27.5 Å². The number of benzene rings is 2. The highest BCUT2D eigenvalue weighted by Gasteiger charge is 2.11. The number of rotatable bonds is 9. The van der Waals surface area contributed by atoms with E-state index >= 15 is 0 Å². The van der Waals surface area contributed by atoms with Crippen molar-refractivity contribution in [3.8, 4) is 11.5 Å². The Morgan fingerprint density at radius 2 is 1.70 bits per heavy atom. The zero-order valence-corrected chi connectivity index (χ0v) is 17.5. The van der Waals surface area contributed by atoms with Gasteiger partial charge in [0.1, 0.15) is 0 Å². The van der Waals surface area contributed by atoms with E-state index in [0.717, 1.165) is 28.6 Å². The second-order valence-corrected chi connectivity index (χ2v) is 6.83. The molecule has 144 valence electrons. The van der Waals surface area contributed by atoms with E-state index < -0.39 is 0 Å². The molecule has 2 rings (SSSR count). The molecule has 0 heterocycles. The first-order valence-electron chi connectivity index (χ1n) is 9.06. The van der Waals surface area contributed by atoms with Crippen LogP contribution in [-0.4, -0.2) is 24.8 Å². The molecule has 0 saturated heterocycles. The number of halogens is 1. The molecule has 0 radical (unpaired) electrons. The Hall–Kier alpha value is -2.34. The zero-order chi connectivity index (χ0) is 19.6. The molecule has 2 aromatic rings. The first kappa shape index (κ1) is 21.0. The summed E-state index contributed by atoms with van der Waals surface area (Å²) in [5.74, 6) is 1.14. The molecule has 0 bridgehead atoms. The Morgan fingerprint density at radius 3 is 2.37 bits per heavy atom. The number of carbonyl (C=O) groups excluding carboxylic acids is 1. The van der Waals surface area contributed by atoms with Crippen molar-refractivity contribution in [2.75, 3.05) is 13.2 Å². The van der Waals surface area contributed by atoms with Gasteiger partial charge in [0, 0.05) is 10.0 Å². The number of amides is 1. The van der Waals surface area contributed by atoms with Crippen molar-refractivity contribution in [2.24, 2.45) is 5.10 Å². The van der Waals surface area contributed by atoms with Crippen molar-refractivity contribution < 1.29 is 14.3 Å². The minimum Gasteiger partial charge on any atom is -0.490 e. The molecule has 6 heteroatoms. The maximum absolute atomic E-state index is 12.3. The molecule has 0 unspecified atom stereocenters. The number of hydrogen-bond donors (Lipinski definition) is 1. The number of ether oxygens (including phenoxy) is 2. The monoisotopic (exact) mass is 432 g/mol. The van der Waals surface area contributed by atoms with Gasteiger partial charge in [0.15, 0.2) is 11.5 Å². The summed E-state index contributed by atoms with van der Waals surface area (Å²) in [7, 11) is 0. The van der Waals surface area contributed by atoms with Gasteiger partial charge in [-0.05, 0) is 66.0 Å². The fraction of sp³-hybridized carbons (Fsp3) is 0.333. The average Bonchev–Trinajstić information content (AvgIpc) is 2.69. The molecule has 0 fully saturated rings. The largest absolute Gasteiger partial charge is 0.490 e. The lowest BCUT2D eigenvalue weighted by atomic mass is 10.1. The molecule has 27 heavy (non-hydrogen) atoms. The van der Waals surface area contributed by atoms with Gasteiger partial charge in [-0.25, -0.2) is 5.43 Å². The molecule has 2 aromatic carbocycles. The molecule has 0 aromatic heterocycles. The van der Waals surface area contributed by atoms with Crippen molar-refractivity contribution in [2.45, 2.75) is 33.6 Å². The normalized spacial score (nSPS) is 11.2. The van der Waals surface area contributed by atoms with Crippen LogP contribution in [0.2, 0.25) is 0 Å².